The number of rotatable bonds is 10. The highest BCUT2D eigenvalue weighted by atomic mass is 14.0. The van der Waals surface area contributed by atoms with Crippen LogP contribution in [-0.2, 0) is 0 Å². The quantitative estimate of drug-likeness (QED) is 0.320. The minimum absolute atomic E-state index is 1.08. The van der Waals surface area contributed by atoms with Gasteiger partial charge in [0.15, 0.2) is 0 Å². The van der Waals surface area contributed by atoms with Crippen LogP contribution in [-0.4, -0.2) is 0 Å². The predicted molar refractivity (Wildman–Crippen MR) is 71.0 cm³/mol. The number of hydrogen-bond acceptors (Lipinski definition) is 0. The molecule has 0 aliphatic rings. The van der Waals surface area contributed by atoms with Gasteiger partial charge in [-0.05, 0) is 32.1 Å². The second-order valence-corrected chi connectivity index (χ2v) is 4.42. The van der Waals surface area contributed by atoms with E-state index in [0.29, 0.717) is 0 Å². The molecular weight excluding hydrogens is 180 g/mol. The summed E-state index contributed by atoms with van der Waals surface area (Å²) in [5.41, 5.74) is 1.68. The Kier molecular flexibility index (Phi) is 11.6. The molecule has 0 aliphatic carbocycles. The maximum atomic E-state index is 3.91. The highest BCUT2D eigenvalue weighted by Gasteiger charge is 1.95. The van der Waals surface area contributed by atoms with Gasteiger partial charge in [-0.3, -0.25) is 0 Å². The van der Waals surface area contributed by atoms with E-state index in [0.717, 1.165) is 6.42 Å². The van der Waals surface area contributed by atoms with Crippen LogP contribution >= 0.6 is 0 Å². The molecular formula is C15H29. The lowest BCUT2D eigenvalue weighted by molar-refractivity contribution is 0.668. The minimum atomic E-state index is 1.08. The van der Waals surface area contributed by atoms with Gasteiger partial charge in [0.2, 0.25) is 0 Å². The third-order valence-corrected chi connectivity index (χ3v) is 2.81. The second kappa shape index (κ2) is 11.8. The maximum absolute atomic E-state index is 3.91. The molecule has 1 radical (unpaired) electrons. The SMILES string of the molecule is [CH2]CCCC(=CCCCCCC)CCC. The zero-order valence-corrected chi connectivity index (χ0v) is 10.9. The van der Waals surface area contributed by atoms with Crippen LogP contribution < -0.4 is 0 Å². The fraction of sp³-hybridized carbons (Fsp3) is 0.800. The lowest BCUT2D eigenvalue weighted by Crippen LogP contribution is -1.85. The van der Waals surface area contributed by atoms with Crippen molar-refractivity contribution >= 4 is 0 Å². The van der Waals surface area contributed by atoms with Crippen LogP contribution in [0.2, 0.25) is 0 Å². The summed E-state index contributed by atoms with van der Waals surface area (Å²) < 4.78 is 0. The van der Waals surface area contributed by atoms with Crippen molar-refractivity contribution in [3.8, 4) is 0 Å². The first kappa shape index (κ1) is 14.7. The third-order valence-electron chi connectivity index (χ3n) is 2.81. The van der Waals surface area contributed by atoms with Crippen molar-refractivity contribution in [1.29, 1.82) is 0 Å². The molecule has 89 valence electrons. The van der Waals surface area contributed by atoms with Gasteiger partial charge in [0.1, 0.15) is 0 Å². The van der Waals surface area contributed by atoms with Gasteiger partial charge in [-0.15, -0.1) is 0 Å². The predicted octanol–water partition coefficient (Wildman–Crippen LogP) is 5.69. The molecule has 0 bridgehead atoms. The first-order valence-electron chi connectivity index (χ1n) is 6.82. The summed E-state index contributed by atoms with van der Waals surface area (Å²) >= 11 is 0. The van der Waals surface area contributed by atoms with Crippen molar-refractivity contribution in [3.05, 3.63) is 18.6 Å². The summed E-state index contributed by atoms with van der Waals surface area (Å²) in [7, 11) is 0. The lowest BCUT2D eigenvalue weighted by atomic mass is 10.0. The van der Waals surface area contributed by atoms with Crippen molar-refractivity contribution in [3.63, 3.8) is 0 Å². The Morgan fingerprint density at radius 3 is 2.33 bits per heavy atom. The first-order chi connectivity index (χ1) is 7.35. The zero-order valence-electron chi connectivity index (χ0n) is 10.9. The van der Waals surface area contributed by atoms with Gasteiger partial charge in [0, 0.05) is 0 Å². The summed E-state index contributed by atoms with van der Waals surface area (Å²) in [6.07, 6.45) is 15.5. The standard InChI is InChI=1S/C15H29/c1-4-7-9-10-11-14-15(12-6-3)13-8-5-2/h14H,2,4-13H2,1,3H3. The van der Waals surface area contributed by atoms with Crippen LogP contribution in [0.5, 0.6) is 0 Å². The van der Waals surface area contributed by atoms with E-state index in [2.05, 4.69) is 26.8 Å². The maximum Gasteiger partial charge on any atom is -0.0320 e. The minimum Gasteiger partial charge on any atom is -0.0853 e. The lowest BCUT2D eigenvalue weighted by Gasteiger charge is -2.05. The van der Waals surface area contributed by atoms with Crippen molar-refractivity contribution in [2.45, 2.75) is 78.1 Å². The Hall–Kier alpha value is -0.260. The van der Waals surface area contributed by atoms with E-state index in [-0.39, 0.29) is 0 Å². The second-order valence-electron chi connectivity index (χ2n) is 4.42. The Balaban J connectivity index is 3.63. The molecule has 0 amide bonds. The van der Waals surface area contributed by atoms with Gasteiger partial charge in [-0.2, -0.15) is 0 Å². The van der Waals surface area contributed by atoms with Crippen LogP contribution in [0, 0.1) is 6.92 Å². The van der Waals surface area contributed by atoms with E-state index in [1.807, 2.05) is 0 Å². The van der Waals surface area contributed by atoms with Crippen LogP contribution in [0.4, 0.5) is 0 Å². The van der Waals surface area contributed by atoms with Crippen LogP contribution in [0.1, 0.15) is 78.1 Å². The molecule has 0 aromatic carbocycles. The molecule has 0 aromatic rings. The molecule has 0 spiro atoms. The van der Waals surface area contributed by atoms with E-state index in [9.17, 15) is 0 Å². The van der Waals surface area contributed by atoms with Crippen LogP contribution in [0.3, 0.4) is 0 Å². The van der Waals surface area contributed by atoms with Gasteiger partial charge in [-0.25, -0.2) is 0 Å². The smallest absolute Gasteiger partial charge is 0.0320 e. The van der Waals surface area contributed by atoms with Gasteiger partial charge in [0.25, 0.3) is 0 Å². The monoisotopic (exact) mass is 209 g/mol. The Morgan fingerprint density at radius 2 is 1.73 bits per heavy atom. The molecule has 0 heteroatoms. The van der Waals surface area contributed by atoms with Crippen molar-refractivity contribution in [2.24, 2.45) is 0 Å². The molecule has 0 saturated heterocycles. The summed E-state index contributed by atoms with van der Waals surface area (Å²) in [6.45, 7) is 8.45. The molecule has 15 heavy (non-hydrogen) atoms. The average molecular weight is 209 g/mol. The summed E-state index contributed by atoms with van der Waals surface area (Å²) in [4.78, 5) is 0. The normalized spacial score (nSPS) is 12.1. The van der Waals surface area contributed by atoms with Crippen LogP contribution in [0.25, 0.3) is 0 Å². The highest BCUT2D eigenvalue weighted by molar-refractivity contribution is 5.01. The van der Waals surface area contributed by atoms with E-state index in [4.69, 9.17) is 0 Å². The van der Waals surface area contributed by atoms with Gasteiger partial charge in [0.05, 0.1) is 0 Å². The molecule has 0 nitrogen and oxygen atoms in total. The van der Waals surface area contributed by atoms with Crippen molar-refractivity contribution < 1.29 is 0 Å². The molecule has 0 atom stereocenters. The average Bonchev–Trinajstić information content (AvgIpc) is 2.25. The first-order valence-corrected chi connectivity index (χ1v) is 6.82. The summed E-state index contributed by atoms with van der Waals surface area (Å²) in [5.74, 6) is 0. The van der Waals surface area contributed by atoms with E-state index >= 15 is 0 Å². The van der Waals surface area contributed by atoms with Crippen LogP contribution in [0.15, 0.2) is 11.6 Å². The van der Waals surface area contributed by atoms with Crippen molar-refractivity contribution in [2.75, 3.05) is 0 Å². The largest absolute Gasteiger partial charge is 0.0853 e. The fourth-order valence-electron chi connectivity index (χ4n) is 1.88. The molecule has 0 aliphatic heterocycles. The fourth-order valence-corrected chi connectivity index (χ4v) is 1.88. The molecule has 0 aromatic heterocycles. The van der Waals surface area contributed by atoms with E-state index in [1.54, 1.807) is 5.57 Å². The molecule has 0 heterocycles. The molecule has 0 unspecified atom stereocenters. The van der Waals surface area contributed by atoms with Gasteiger partial charge < -0.3 is 0 Å². The topological polar surface area (TPSA) is 0 Å². The van der Waals surface area contributed by atoms with Gasteiger partial charge in [-0.1, -0.05) is 64.5 Å². The van der Waals surface area contributed by atoms with E-state index in [1.165, 1.54) is 57.8 Å². The molecule has 0 fully saturated rings. The molecule has 0 saturated carbocycles. The van der Waals surface area contributed by atoms with E-state index < -0.39 is 0 Å². The van der Waals surface area contributed by atoms with Gasteiger partial charge >= 0.3 is 0 Å². The number of hydrogen-bond donors (Lipinski definition) is 0. The summed E-state index contributed by atoms with van der Waals surface area (Å²) in [5, 5.41) is 0. The Morgan fingerprint density at radius 1 is 0.933 bits per heavy atom. The Bertz CT molecular complexity index is 144. The van der Waals surface area contributed by atoms with Crippen molar-refractivity contribution in [1.82, 2.24) is 0 Å². The highest BCUT2D eigenvalue weighted by Crippen LogP contribution is 2.15. The number of unbranched alkanes of at least 4 members (excludes halogenated alkanes) is 5. The zero-order chi connectivity index (χ0) is 11.4. The summed E-state index contributed by atoms with van der Waals surface area (Å²) in [6, 6.07) is 0. The third kappa shape index (κ3) is 10.0. The molecule has 0 N–H and O–H groups in total. The molecule has 0 rings (SSSR count). The Labute approximate surface area is 97.2 Å². The number of allylic oxidation sites excluding steroid dienone is 2.